The Hall–Kier alpha value is -3.73. The maximum Gasteiger partial charge on any atom is 0.323 e. The first-order valence-electron chi connectivity index (χ1n) is 12.6. The highest BCUT2D eigenvalue weighted by atomic mass is 32.4. The maximum absolute atomic E-state index is 13.0. The van der Waals surface area contributed by atoms with Crippen LogP contribution in [0.1, 0.15) is 11.1 Å². The van der Waals surface area contributed by atoms with Crippen LogP contribution in [0, 0.1) is 5.41 Å². The van der Waals surface area contributed by atoms with Gasteiger partial charge in [-0.2, -0.15) is 0 Å². The van der Waals surface area contributed by atoms with E-state index in [0.29, 0.717) is 5.75 Å². The third-order valence-electron chi connectivity index (χ3n) is 7.43. The minimum absolute atomic E-state index is 0.180. The van der Waals surface area contributed by atoms with Crippen LogP contribution in [0.2, 0.25) is 0 Å². The van der Waals surface area contributed by atoms with Crippen LogP contribution in [0.5, 0.6) is 5.75 Å². The molecule has 4 aromatic carbocycles. The number of rotatable bonds is 7. The van der Waals surface area contributed by atoms with Crippen molar-refractivity contribution in [2.45, 2.75) is 12.8 Å². The molecule has 4 aromatic rings. The lowest BCUT2D eigenvalue weighted by Crippen LogP contribution is -2.42. The summed E-state index contributed by atoms with van der Waals surface area (Å²) in [5.41, 5.74) is 2.16. The number of hydrogen-bond acceptors (Lipinski definition) is 6. The van der Waals surface area contributed by atoms with E-state index in [0.717, 1.165) is 38.2 Å². The lowest BCUT2D eigenvalue weighted by Gasteiger charge is -2.28. The summed E-state index contributed by atoms with van der Waals surface area (Å²) in [7, 11) is 4.24. The first-order valence-corrected chi connectivity index (χ1v) is 15.4. The van der Waals surface area contributed by atoms with Gasteiger partial charge in [0.15, 0.2) is 5.41 Å². The number of ether oxygens (including phenoxy) is 3. The summed E-state index contributed by atoms with van der Waals surface area (Å²) < 4.78 is 16.0. The number of carbonyl (C=O) groups is 2. The number of benzene rings is 4. The van der Waals surface area contributed by atoms with Crippen LogP contribution >= 0.6 is 6.04 Å². The summed E-state index contributed by atoms with van der Waals surface area (Å²) in [6.45, 7) is 0. The number of hydrogen-bond donors (Lipinski definition) is 0. The third-order valence-corrected chi connectivity index (χ3v) is 12.4. The molecule has 0 N–H and O–H groups in total. The van der Waals surface area contributed by atoms with Crippen molar-refractivity contribution in [2.24, 2.45) is 5.41 Å². The highest BCUT2D eigenvalue weighted by Crippen LogP contribution is 2.49. The average molecular weight is 557 g/mol. The molecule has 0 radical (unpaired) electrons. The Morgan fingerprint density at radius 3 is 1.69 bits per heavy atom. The summed E-state index contributed by atoms with van der Waals surface area (Å²) in [6.07, 6.45) is 0.365. The van der Waals surface area contributed by atoms with Gasteiger partial charge in [-0.15, -0.1) is 0 Å². The van der Waals surface area contributed by atoms with E-state index in [1.807, 2.05) is 60.7 Å². The molecule has 7 heteroatoms. The van der Waals surface area contributed by atoms with Crippen molar-refractivity contribution in [3.63, 3.8) is 0 Å². The largest absolute Gasteiger partial charge is 0.496 e. The van der Waals surface area contributed by atoms with Crippen LogP contribution in [0.4, 0.5) is 0 Å². The van der Waals surface area contributed by atoms with E-state index in [2.05, 4.69) is 36.4 Å². The average Bonchev–Trinajstić information content (AvgIpc) is 3.40. The van der Waals surface area contributed by atoms with Gasteiger partial charge in [-0.25, -0.2) is 0 Å². The second kappa shape index (κ2) is 10.8. The fourth-order valence-electron chi connectivity index (χ4n) is 5.53. The van der Waals surface area contributed by atoms with E-state index in [1.165, 1.54) is 14.2 Å². The van der Waals surface area contributed by atoms with Crippen molar-refractivity contribution in [2.75, 3.05) is 21.3 Å². The molecule has 5 nitrogen and oxygen atoms in total. The number of fused-ring (bicyclic) bond motifs is 1. The van der Waals surface area contributed by atoms with Crippen LogP contribution in [-0.4, -0.2) is 33.3 Å². The van der Waals surface area contributed by atoms with E-state index in [-0.39, 0.29) is 12.8 Å². The molecule has 0 spiro atoms. The molecule has 0 saturated carbocycles. The van der Waals surface area contributed by atoms with Gasteiger partial charge in [0.25, 0.3) is 0 Å². The molecule has 198 valence electrons. The third kappa shape index (κ3) is 4.48. The molecule has 0 atom stereocenters. The number of carbonyl (C=O) groups excluding carboxylic acids is 2. The number of methoxy groups -OCH3 is 3. The Balaban J connectivity index is 1.84. The van der Waals surface area contributed by atoms with Gasteiger partial charge >= 0.3 is 11.9 Å². The lowest BCUT2D eigenvalue weighted by molar-refractivity contribution is -0.168. The van der Waals surface area contributed by atoms with E-state index in [9.17, 15) is 9.59 Å². The van der Waals surface area contributed by atoms with Crippen molar-refractivity contribution >= 4 is 45.7 Å². The van der Waals surface area contributed by atoms with Crippen LogP contribution in [0.3, 0.4) is 0 Å². The molecule has 0 bridgehead atoms. The van der Waals surface area contributed by atoms with Gasteiger partial charge in [-0.05, 0) is 58.3 Å². The molecule has 0 unspecified atom stereocenters. The molecule has 0 saturated heterocycles. The van der Waals surface area contributed by atoms with Crippen LogP contribution in [-0.2, 0) is 43.7 Å². The Bertz CT molecular complexity index is 1520. The maximum atomic E-state index is 13.0. The Kier molecular flexibility index (Phi) is 7.44. The first kappa shape index (κ1) is 26.9. The zero-order valence-corrected chi connectivity index (χ0v) is 23.8. The van der Waals surface area contributed by atoms with E-state index in [1.54, 1.807) is 7.11 Å². The zero-order chi connectivity index (χ0) is 27.6. The molecule has 0 aliphatic heterocycles. The summed E-state index contributed by atoms with van der Waals surface area (Å²) in [6, 6.07) is 29.8. The minimum atomic E-state index is -2.60. The Labute approximate surface area is 233 Å². The van der Waals surface area contributed by atoms with Crippen LogP contribution in [0.25, 0.3) is 11.1 Å². The predicted octanol–water partition coefficient (Wildman–Crippen LogP) is 4.55. The van der Waals surface area contributed by atoms with Gasteiger partial charge in [0.1, 0.15) is 5.75 Å². The summed E-state index contributed by atoms with van der Waals surface area (Å²) >= 11 is 6.73. The van der Waals surface area contributed by atoms with Crippen LogP contribution < -0.4 is 20.7 Å². The molecule has 0 aromatic heterocycles. The summed E-state index contributed by atoms with van der Waals surface area (Å²) in [5, 5.41) is 3.07. The highest BCUT2D eigenvalue weighted by Gasteiger charge is 2.53. The monoisotopic (exact) mass is 556 g/mol. The van der Waals surface area contributed by atoms with E-state index in [4.69, 9.17) is 26.0 Å². The van der Waals surface area contributed by atoms with Gasteiger partial charge in [0.05, 0.1) is 21.3 Å². The molecule has 0 heterocycles. The zero-order valence-electron chi connectivity index (χ0n) is 22.0. The molecular formula is C32H29O5PS. The molecule has 0 amide bonds. The summed E-state index contributed by atoms with van der Waals surface area (Å²) in [5.74, 6) is -0.487. The molecular weight excluding hydrogens is 527 g/mol. The Morgan fingerprint density at radius 1 is 0.692 bits per heavy atom. The van der Waals surface area contributed by atoms with Crippen molar-refractivity contribution in [3.05, 3.63) is 108 Å². The molecule has 39 heavy (non-hydrogen) atoms. The minimum Gasteiger partial charge on any atom is -0.496 e. The molecule has 1 aliphatic carbocycles. The van der Waals surface area contributed by atoms with Gasteiger partial charge < -0.3 is 14.2 Å². The Morgan fingerprint density at radius 2 is 1.18 bits per heavy atom. The van der Waals surface area contributed by atoms with E-state index >= 15 is 0 Å². The normalized spacial score (nSPS) is 13.8. The second-order valence-corrected chi connectivity index (χ2v) is 13.9. The van der Waals surface area contributed by atoms with Gasteiger partial charge in [-0.3, -0.25) is 9.59 Å². The molecule has 0 fully saturated rings. The highest BCUT2D eigenvalue weighted by molar-refractivity contribution is 8.25. The quantitative estimate of drug-likeness (QED) is 0.189. The number of para-hydroxylation sites is 1. The fraction of sp³-hybridized carbons (Fsp3) is 0.188. The van der Waals surface area contributed by atoms with Crippen molar-refractivity contribution in [1.82, 2.24) is 0 Å². The predicted molar refractivity (Wildman–Crippen MR) is 158 cm³/mol. The summed E-state index contributed by atoms with van der Waals surface area (Å²) in [4.78, 5) is 26.1. The van der Waals surface area contributed by atoms with Crippen LogP contribution in [0.15, 0.2) is 97.1 Å². The second-order valence-electron chi connectivity index (χ2n) is 9.54. The van der Waals surface area contributed by atoms with Crippen molar-refractivity contribution in [1.29, 1.82) is 0 Å². The number of esters is 2. The fourth-order valence-corrected chi connectivity index (χ4v) is 9.61. The first-order chi connectivity index (χ1) is 18.9. The molecule has 1 aliphatic rings. The van der Waals surface area contributed by atoms with E-state index < -0.39 is 23.4 Å². The van der Waals surface area contributed by atoms with Gasteiger partial charge in [0, 0.05) is 16.9 Å². The SMILES string of the molecule is COC(=O)C1(C(=O)OC)Cc2cc(-c3ccccc3OC)c(P(=S)(c3ccccc3)c3ccccc3)cc2C1. The molecule has 5 rings (SSSR count). The lowest BCUT2D eigenvalue weighted by atomic mass is 9.85. The van der Waals surface area contributed by atoms with Crippen molar-refractivity contribution < 1.29 is 23.8 Å². The topological polar surface area (TPSA) is 61.8 Å². The van der Waals surface area contributed by atoms with Gasteiger partial charge in [-0.1, -0.05) is 90.7 Å². The van der Waals surface area contributed by atoms with Crippen molar-refractivity contribution in [3.8, 4) is 16.9 Å². The standard InChI is InChI=1S/C32H29O5PS/c1-35-28-17-11-10-16-26(28)27-18-22-20-32(30(33)36-2,31(34)37-3)21-23(22)19-29(27)38(39,24-12-6-4-7-13-24)25-14-8-5-9-15-25/h4-19H,20-21H2,1-3H3. The smallest absolute Gasteiger partial charge is 0.323 e. The van der Waals surface area contributed by atoms with Gasteiger partial charge in [0.2, 0.25) is 0 Å².